The molecular formula is C14H21N2O5PS. The molecule has 0 amide bonds. The molecule has 23 heavy (non-hydrogen) atoms. The fourth-order valence-corrected chi connectivity index (χ4v) is 5.31. The summed E-state index contributed by atoms with van der Waals surface area (Å²) in [6, 6.07) is 7.99. The molecule has 1 aromatic rings. The third-order valence-corrected chi connectivity index (χ3v) is 6.88. The zero-order valence-electron chi connectivity index (χ0n) is 13.4. The number of benzene rings is 1. The smallest absolute Gasteiger partial charge is 0.308 e. The Morgan fingerprint density at radius 3 is 2.17 bits per heavy atom. The molecule has 1 atom stereocenters. The summed E-state index contributed by atoms with van der Waals surface area (Å²) < 4.78 is 50.2. The van der Waals surface area contributed by atoms with Crippen LogP contribution in [-0.2, 0) is 23.6 Å². The Labute approximate surface area is 137 Å². The van der Waals surface area contributed by atoms with Crippen molar-refractivity contribution in [1.82, 2.24) is 4.72 Å². The van der Waals surface area contributed by atoms with E-state index >= 15 is 0 Å². The first-order chi connectivity index (χ1) is 10.8. The Bertz CT molecular complexity index is 687. The first kappa shape index (κ1) is 19.8. The average Bonchev–Trinajstić information content (AvgIpc) is 2.47. The van der Waals surface area contributed by atoms with Crippen LogP contribution in [0.2, 0.25) is 0 Å². The number of nitriles is 1. The second kappa shape index (κ2) is 8.57. The van der Waals surface area contributed by atoms with Gasteiger partial charge < -0.3 is 9.05 Å². The van der Waals surface area contributed by atoms with Gasteiger partial charge in [0.1, 0.15) is 5.78 Å². The van der Waals surface area contributed by atoms with Crippen LogP contribution in [0.4, 0.5) is 0 Å². The standard InChI is InChI=1S/C14H21N2O5PS/c1-4-20-22(17,21-5-2)14(10-11-15)16-23(18,19)13-8-6-12(3)7-9-13/h6-9,14,16H,4-5,10H2,1-3H3/t14-/m0/s1. The second-order valence-corrected chi connectivity index (χ2v) is 8.62. The van der Waals surface area contributed by atoms with E-state index in [1.165, 1.54) is 12.1 Å². The number of aryl methyl sites for hydroxylation is 1. The molecular weight excluding hydrogens is 339 g/mol. The van der Waals surface area contributed by atoms with Gasteiger partial charge in [-0.05, 0) is 32.9 Å². The van der Waals surface area contributed by atoms with Crippen molar-refractivity contribution in [3.8, 4) is 6.07 Å². The van der Waals surface area contributed by atoms with E-state index in [1.807, 2.05) is 13.0 Å². The molecule has 0 aliphatic heterocycles. The Kier molecular flexibility index (Phi) is 7.39. The maximum atomic E-state index is 12.7. The van der Waals surface area contributed by atoms with E-state index in [2.05, 4.69) is 4.72 Å². The van der Waals surface area contributed by atoms with Gasteiger partial charge in [-0.15, -0.1) is 0 Å². The molecule has 0 radical (unpaired) electrons. The summed E-state index contributed by atoms with van der Waals surface area (Å²) in [6.07, 6.45) is -0.331. The Morgan fingerprint density at radius 2 is 1.74 bits per heavy atom. The zero-order valence-corrected chi connectivity index (χ0v) is 15.1. The molecule has 7 nitrogen and oxygen atoms in total. The summed E-state index contributed by atoms with van der Waals surface area (Å²) >= 11 is 0. The highest BCUT2D eigenvalue weighted by atomic mass is 32.2. The number of sulfonamides is 1. The lowest BCUT2D eigenvalue weighted by atomic mass is 10.2. The van der Waals surface area contributed by atoms with Gasteiger partial charge in [-0.2, -0.15) is 9.98 Å². The van der Waals surface area contributed by atoms with Gasteiger partial charge in [0.05, 0.1) is 30.6 Å². The summed E-state index contributed by atoms with van der Waals surface area (Å²) in [5, 5.41) is 8.92. The lowest BCUT2D eigenvalue weighted by molar-refractivity contribution is 0.210. The van der Waals surface area contributed by atoms with Crippen molar-refractivity contribution >= 4 is 17.6 Å². The topological polar surface area (TPSA) is 105 Å². The molecule has 0 saturated heterocycles. The molecule has 1 rings (SSSR count). The van der Waals surface area contributed by atoms with Gasteiger partial charge in [0.15, 0.2) is 0 Å². The third-order valence-electron chi connectivity index (χ3n) is 2.91. The summed E-state index contributed by atoms with van der Waals surface area (Å²) in [4.78, 5) is 0.0191. The lowest BCUT2D eigenvalue weighted by Crippen LogP contribution is -2.35. The van der Waals surface area contributed by atoms with Crippen LogP contribution >= 0.6 is 7.60 Å². The van der Waals surface area contributed by atoms with Crippen molar-refractivity contribution in [2.75, 3.05) is 13.2 Å². The molecule has 0 bridgehead atoms. The summed E-state index contributed by atoms with van der Waals surface area (Å²) in [5.41, 5.74) is 0.909. The monoisotopic (exact) mass is 360 g/mol. The molecule has 0 saturated carbocycles. The Hall–Kier alpha value is -1.23. The zero-order chi connectivity index (χ0) is 17.5. The Balaban J connectivity index is 3.13. The predicted molar refractivity (Wildman–Crippen MR) is 86.4 cm³/mol. The molecule has 0 fully saturated rings. The van der Waals surface area contributed by atoms with Crippen LogP contribution in [0.1, 0.15) is 25.8 Å². The van der Waals surface area contributed by atoms with Gasteiger partial charge in [-0.1, -0.05) is 17.7 Å². The van der Waals surface area contributed by atoms with Crippen molar-refractivity contribution in [2.45, 2.75) is 37.9 Å². The molecule has 0 heterocycles. The quantitative estimate of drug-likeness (QED) is 0.679. The molecule has 1 N–H and O–H groups in total. The van der Waals surface area contributed by atoms with Crippen molar-refractivity contribution in [3.63, 3.8) is 0 Å². The first-order valence-electron chi connectivity index (χ1n) is 7.13. The molecule has 1 aromatic carbocycles. The van der Waals surface area contributed by atoms with Crippen LogP contribution in [0.5, 0.6) is 0 Å². The molecule has 0 unspecified atom stereocenters. The largest absolute Gasteiger partial charge is 0.349 e. The van der Waals surface area contributed by atoms with Crippen LogP contribution in [0.25, 0.3) is 0 Å². The predicted octanol–water partition coefficient (Wildman–Crippen LogP) is 2.78. The molecule has 0 aliphatic rings. The van der Waals surface area contributed by atoms with Crippen LogP contribution in [0, 0.1) is 18.3 Å². The fraction of sp³-hybridized carbons (Fsp3) is 0.500. The average molecular weight is 360 g/mol. The Morgan fingerprint density at radius 1 is 1.22 bits per heavy atom. The first-order valence-corrected chi connectivity index (χ1v) is 10.2. The van der Waals surface area contributed by atoms with Crippen molar-refractivity contribution in [2.24, 2.45) is 0 Å². The van der Waals surface area contributed by atoms with E-state index in [-0.39, 0.29) is 24.5 Å². The fourth-order valence-electron chi connectivity index (χ4n) is 1.85. The number of hydrogen-bond acceptors (Lipinski definition) is 6. The molecule has 128 valence electrons. The van der Waals surface area contributed by atoms with E-state index in [0.29, 0.717) is 0 Å². The number of hydrogen-bond donors (Lipinski definition) is 1. The minimum Gasteiger partial charge on any atom is -0.308 e. The highest BCUT2D eigenvalue weighted by molar-refractivity contribution is 7.89. The maximum Gasteiger partial charge on any atom is 0.349 e. The van der Waals surface area contributed by atoms with E-state index in [1.54, 1.807) is 26.0 Å². The van der Waals surface area contributed by atoms with Gasteiger partial charge >= 0.3 is 7.60 Å². The summed E-state index contributed by atoms with van der Waals surface area (Å²) in [7, 11) is -7.74. The number of nitrogens with one attached hydrogen (secondary N) is 1. The SMILES string of the molecule is CCOP(=O)(OCC)[C@@H](CC#N)NS(=O)(=O)c1ccc(C)cc1. The van der Waals surface area contributed by atoms with Crippen LogP contribution < -0.4 is 4.72 Å². The highest BCUT2D eigenvalue weighted by Crippen LogP contribution is 2.53. The minimum absolute atomic E-state index is 0.0191. The molecule has 9 heteroatoms. The highest BCUT2D eigenvalue weighted by Gasteiger charge is 2.38. The van der Waals surface area contributed by atoms with Gasteiger partial charge in [-0.25, -0.2) is 8.42 Å². The van der Waals surface area contributed by atoms with Gasteiger partial charge in [0.2, 0.25) is 10.0 Å². The minimum atomic E-state index is -3.95. The van der Waals surface area contributed by atoms with Crippen LogP contribution in [-0.4, -0.2) is 27.4 Å². The van der Waals surface area contributed by atoms with Gasteiger partial charge in [-0.3, -0.25) is 4.57 Å². The van der Waals surface area contributed by atoms with Crippen LogP contribution in [0.15, 0.2) is 29.2 Å². The van der Waals surface area contributed by atoms with E-state index in [0.717, 1.165) is 5.56 Å². The van der Waals surface area contributed by atoms with Crippen molar-refractivity contribution < 1.29 is 22.0 Å². The van der Waals surface area contributed by atoms with Crippen molar-refractivity contribution in [3.05, 3.63) is 29.8 Å². The summed E-state index contributed by atoms with van der Waals surface area (Å²) in [6.45, 7) is 5.21. The normalized spacial score (nSPS) is 13.5. The third kappa shape index (κ3) is 5.41. The van der Waals surface area contributed by atoms with E-state index < -0.39 is 23.4 Å². The second-order valence-electron chi connectivity index (χ2n) is 4.69. The maximum absolute atomic E-state index is 12.7. The lowest BCUT2D eigenvalue weighted by Gasteiger charge is -2.25. The van der Waals surface area contributed by atoms with E-state index in [9.17, 15) is 13.0 Å². The number of nitrogens with zero attached hydrogens (tertiary/aromatic N) is 1. The van der Waals surface area contributed by atoms with Crippen LogP contribution in [0.3, 0.4) is 0 Å². The van der Waals surface area contributed by atoms with Gasteiger partial charge in [0.25, 0.3) is 0 Å². The molecule has 0 aromatic heterocycles. The van der Waals surface area contributed by atoms with E-state index in [4.69, 9.17) is 14.3 Å². The molecule has 0 spiro atoms. The summed E-state index contributed by atoms with van der Waals surface area (Å²) in [5.74, 6) is -1.27. The number of rotatable bonds is 9. The van der Waals surface area contributed by atoms with Crippen molar-refractivity contribution in [1.29, 1.82) is 5.26 Å². The molecule has 0 aliphatic carbocycles. The van der Waals surface area contributed by atoms with Gasteiger partial charge in [0, 0.05) is 0 Å².